The number of rotatable bonds is 4. The molecule has 9 heteroatoms. The van der Waals surface area contributed by atoms with Crippen LogP contribution in [-0.2, 0) is 4.79 Å². The van der Waals surface area contributed by atoms with Crippen LogP contribution in [0.1, 0.15) is 15.2 Å². The second-order valence-corrected chi connectivity index (χ2v) is 8.27. The largest absolute Gasteiger partial charge is 0.493 e. The Bertz CT molecular complexity index is 893. The molecule has 1 fully saturated rings. The average molecular weight is 456 g/mol. The Morgan fingerprint density at radius 3 is 2.80 bits per heavy atom. The van der Waals surface area contributed by atoms with Crippen molar-refractivity contribution in [3.8, 4) is 11.5 Å². The van der Waals surface area contributed by atoms with Gasteiger partial charge in [-0.25, -0.2) is 4.79 Å². The molecule has 0 atom stereocenters. The summed E-state index contributed by atoms with van der Waals surface area (Å²) in [5.41, 5.74) is 0.710. The van der Waals surface area contributed by atoms with Gasteiger partial charge in [-0.05, 0) is 51.1 Å². The van der Waals surface area contributed by atoms with E-state index in [-0.39, 0.29) is 11.7 Å². The molecule has 1 aliphatic heterocycles. The Kier molecular flexibility index (Phi) is 5.57. The standard InChI is InChI=1S/C16H10BrNO4S3/c1-21-10-6-8(7-12-14(19)18-16(23)25-12)5-9(17)13(10)22-15(20)11-3-2-4-24-11/h2-7H,1H3,(H,18,19,23)/b12-7+. The summed E-state index contributed by atoms with van der Waals surface area (Å²) >= 11 is 10.8. The Morgan fingerprint density at radius 1 is 1.40 bits per heavy atom. The van der Waals surface area contributed by atoms with E-state index in [9.17, 15) is 9.59 Å². The van der Waals surface area contributed by atoms with Crippen LogP contribution in [0.25, 0.3) is 6.08 Å². The molecule has 2 aromatic rings. The number of thioether (sulfide) groups is 1. The molecule has 0 aliphatic carbocycles. The monoisotopic (exact) mass is 455 g/mol. The summed E-state index contributed by atoms with van der Waals surface area (Å²) < 4.78 is 11.7. The summed E-state index contributed by atoms with van der Waals surface area (Å²) in [5, 5.41) is 4.36. The smallest absolute Gasteiger partial charge is 0.353 e. The molecule has 1 saturated heterocycles. The minimum Gasteiger partial charge on any atom is -0.493 e. The maximum Gasteiger partial charge on any atom is 0.353 e. The van der Waals surface area contributed by atoms with Crippen LogP contribution in [0.15, 0.2) is 39.0 Å². The summed E-state index contributed by atoms with van der Waals surface area (Å²) in [5.74, 6) is -0.0475. The van der Waals surface area contributed by atoms with E-state index in [2.05, 4.69) is 21.2 Å². The van der Waals surface area contributed by atoms with Crippen LogP contribution in [0, 0.1) is 0 Å². The predicted octanol–water partition coefficient (Wildman–Crippen LogP) is 4.23. The van der Waals surface area contributed by atoms with Crippen molar-refractivity contribution in [1.29, 1.82) is 0 Å². The van der Waals surface area contributed by atoms with Gasteiger partial charge in [0.25, 0.3) is 5.91 Å². The van der Waals surface area contributed by atoms with E-state index in [1.54, 1.807) is 35.7 Å². The molecule has 0 unspecified atom stereocenters. The summed E-state index contributed by atoms with van der Waals surface area (Å²) in [6.07, 6.45) is 1.69. The molecule has 2 heterocycles. The molecule has 1 amide bonds. The van der Waals surface area contributed by atoms with Gasteiger partial charge in [-0.2, -0.15) is 0 Å². The zero-order valence-electron chi connectivity index (χ0n) is 12.7. The first-order valence-electron chi connectivity index (χ1n) is 6.86. The third kappa shape index (κ3) is 4.12. The van der Waals surface area contributed by atoms with Crippen molar-refractivity contribution < 1.29 is 19.1 Å². The highest BCUT2D eigenvalue weighted by Crippen LogP contribution is 2.38. The van der Waals surface area contributed by atoms with Crippen LogP contribution in [-0.4, -0.2) is 23.3 Å². The minimum absolute atomic E-state index is 0.238. The van der Waals surface area contributed by atoms with E-state index in [0.29, 0.717) is 29.9 Å². The number of thiocarbonyl (C=S) groups is 1. The number of carbonyl (C=O) groups excluding carboxylic acids is 2. The average Bonchev–Trinajstić information content (AvgIpc) is 3.20. The minimum atomic E-state index is -0.462. The molecular formula is C16H10BrNO4S3. The number of amides is 1. The number of thiophene rings is 1. The number of benzene rings is 1. The molecule has 25 heavy (non-hydrogen) atoms. The SMILES string of the molecule is COc1cc(/C=C2/SC(=S)NC2=O)cc(Br)c1OC(=O)c1cccs1. The summed E-state index contributed by atoms with van der Waals surface area (Å²) in [6.45, 7) is 0. The van der Waals surface area contributed by atoms with Gasteiger partial charge in [0.1, 0.15) is 9.20 Å². The third-order valence-electron chi connectivity index (χ3n) is 3.11. The van der Waals surface area contributed by atoms with Gasteiger partial charge >= 0.3 is 5.97 Å². The van der Waals surface area contributed by atoms with Crippen LogP contribution in [0.2, 0.25) is 0 Å². The van der Waals surface area contributed by atoms with Crippen molar-refractivity contribution in [2.45, 2.75) is 0 Å². The Morgan fingerprint density at radius 2 is 2.20 bits per heavy atom. The number of nitrogens with one attached hydrogen (secondary N) is 1. The molecule has 128 valence electrons. The molecule has 3 rings (SSSR count). The highest BCUT2D eigenvalue weighted by molar-refractivity contribution is 9.10. The summed E-state index contributed by atoms with van der Waals surface area (Å²) in [6, 6.07) is 6.88. The van der Waals surface area contributed by atoms with E-state index in [1.165, 1.54) is 30.2 Å². The maximum atomic E-state index is 12.2. The maximum absolute atomic E-state index is 12.2. The van der Waals surface area contributed by atoms with E-state index < -0.39 is 5.97 Å². The van der Waals surface area contributed by atoms with Crippen molar-refractivity contribution in [1.82, 2.24) is 5.32 Å². The lowest BCUT2D eigenvalue weighted by atomic mass is 10.2. The van der Waals surface area contributed by atoms with Gasteiger partial charge in [-0.1, -0.05) is 30.0 Å². The van der Waals surface area contributed by atoms with Gasteiger partial charge in [0.2, 0.25) is 0 Å². The summed E-state index contributed by atoms with van der Waals surface area (Å²) in [7, 11) is 1.48. The van der Waals surface area contributed by atoms with Crippen LogP contribution in [0.3, 0.4) is 0 Å². The Hall–Kier alpha value is -1.68. The van der Waals surface area contributed by atoms with Gasteiger partial charge in [-0.3, -0.25) is 4.79 Å². The molecular weight excluding hydrogens is 446 g/mol. The van der Waals surface area contributed by atoms with Crippen LogP contribution < -0.4 is 14.8 Å². The molecule has 0 bridgehead atoms. The number of hydrogen-bond acceptors (Lipinski definition) is 7. The van der Waals surface area contributed by atoms with Gasteiger partial charge in [0.15, 0.2) is 11.5 Å². The quantitative estimate of drug-likeness (QED) is 0.322. The normalized spacial score (nSPS) is 15.4. The molecule has 0 radical (unpaired) electrons. The number of carbonyl (C=O) groups is 2. The van der Waals surface area contributed by atoms with Crippen molar-refractivity contribution >= 4 is 73.5 Å². The fourth-order valence-corrected chi connectivity index (χ4v) is 4.22. The molecule has 1 N–H and O–H groups in total. The lowest BCUT2D eigenvalue weighted by molar-refractivity contribution is -0.115. The predicted molar refractivity (Wildman–Crippen MR) is 106 cm³/mol. The van der Waals surface area contributed by atoms with Gasteiger partial charge < -0.3 is 14.8 Å². The second-order valence-electron chi connectivity index (χ2n) is 4.75. The van der Waals surface area contributed by atoms with Crippen molar-refractivity contribution in [3.63, 3.8) is 0 Å². The van der Waals surface area contributed by atoms with Crippen molar-refractivity contribution in [2.75, 3.05) is 7.11 Å². The molecule has 1 aromatic carbocycles. The van der Waals surface area contributed by atoms with E-state index in [4.69, 9.17) is 21.7 Å². The second kappa shape index (κ2) is 7.69. The number of hydrogen-bond donors (Lipinski definition) is 1. The van der Waals surface area contributed by atoms with E-state index >= 15 is 0 Å². The first-order chi connectivity index (χ1) is 12.0. The van der Waals surface area contributed by atoms with Gasteiger partial charge in [0.05, 0.1) is 16.5 Å². The lowest BCUT2D eigenvalue weighted by Crippen LogP contribution is -2.17. The zero-order chi connectivity index (χ0) is 18.0. The Balaban J connectivity index is 1.91. The highest BCUT2D eigenvalue weighted by Gasteiger charge is 2.23. The van der Waals surface area contributed by atoms with E-state index in [0.717, 1.165) is 0 Å². The van der Waals surface area contributed by atoms with E-state index in [1.807, 2.05) is 0 Å². The number of ether oxygens (including phenoxy) is 2. The van der Waals surface area contributed by atoms with Crippen molar-refractivity contribution in [2.24, 2.45) is 0 Å². The van der Waals surface area contributed by atoms with Gasteiger partial charge in [0, 0.05) is 0 Å². The van der Waals surface area contributed by atoms with Crippen LogP contribution >= 0.6 is 51.2 Å². The topological polar surface area (TPSA) is 64.6 Å². The third-order valence-corrected chi connectivity index (χ3v) is 5.71. The molecule has 1 aromatic heterocycles. The fourth-order valence-electron chi connectivity index (χ4n) is 2.03. The number of esters is 1. The molecule has 0 spiro atoms. The van der Waals surface area contributed by atoms with Gasteiger partial charge in [-0.15, -0.1) is 11.3 Å². The first kappa shape index (κ1) is 18.1. The van der Waals surface area contributed by atoms with Crippen LogP contribution in [0.4, 0.5) is 0 Å². The highest BCUT2D eigenvalue weighted by atomic mass is 79.9. The molecule has 5 nitrogen and oxygen atoms in total. The molecule has 0 saturated carbocycles. The first-order valence-corrected chi connectivity index (χ1v) is 9.75. The summed E-state index contributed by atoms with van der Waals surface area (Å²) in [4.78, 5) is 24.9. The number of halogens is 1. The Labute approximate surface area is 165 Å². The molecule has 1 aliphatic rings. The van der Waals surface area contributed by atoms with Crippen molar-refractivity contribution in [3.05, 3.63) is 49.5 Å². The van der Waals surface area contributed by atoms with Crippen LogP contribution in [0.5, 0.6) is 11.5 Å². The lowest BCUT2D eigenvalue weighted by Gasteiger charge is -2.12. The fraction of sp³-hybridized carbons (Fsp3) is 0.0625. The number of methoxy groups -OCH3 is 1. The zero-order valence-corrected chi connectivity index (χ0v) is 16.7.